The average molecular weight is 470 g/mol. The van der Waals surface area contributed by atoms with Gasteiger partial charge in [-0.15, -0.1) is 0 Å². The number of rotatable bonds is 2. The van der Waals surface area contributed by atoms with Gasteiger partial charge in [0.15, 0.2) is 0 Å². The molecule has 2 aromatic rings. The smallest absolute Gasteiger partial charge is 0.142 e. The minimum Gasteiger partial charge on any atom is -0.508 e. The van der Waals surface area contributed by atoms with Crippen LogP contribution in [0.25, 0.3) is 0 Å². The van der Waals surface area contributed by atoms with Gasteiger partial charge in [0, 0.05) is 11.6 Å². The van der Waals surface area contributed by atoms with Crippen molar-refractivity contribution >= 4 is 5.69 Å². The van der Waals surface area contributed by atoms with Gasteiger partial charge >= 0.3 is 0 Å². The molecule has 0 spiro atoms. The Labute approximate surface area is 210 Å². The molecule has 0 aliphatic heterocycles. The van der Waals surface area contributed by atoms with E-state index >= 15 is 0 Å². The summed E-state index contributed by atoms with van der Waals surface area (Å²) in [6.07, 6.45) is 0. The Morgan fingerprint density at radius 3 is 1.26 bits per heavy atom. The first-order valence-electron chi connectivity index (χ1n) is 12.5. The highest BCUT2D eigenvalue weighted by molar-refractivity contribution is 5.64. The summed E-state index contributed by atoms with van der Waals surface area (Å²) in [5.41, 5.74) is 5.63. The second-order valence-electron chi connectivity index (χ2n) is 14.0. The normalized spacial score (nSPS) is 12.9. The zero-order valence-corrected chi connectivity index (χ0v) is 24.4. The van der Waals surface area contributed by atoms with Crippen LogP contribution in [0.1, 0.15) is 119 Å². The zero-order valence-electron chi connectivity index (χ0n) is 24.4. The monoisotopic (exact) mass is 469 g/mol. The fraction of sp³-hybridized carbons (Fsp3) is 0.613. The fourth-order valence-electron chi connectivity index (χ4n) is 3.54. The number of anilines is 1. The van der Waals surface area contributed by atoms with Crippen molar-refractivity contribution in [2.24, 2.45) is 0 Å². The first-order chi connectivity index (χ1) is 15.0. The predicted molar refractivity (Wildman–Crippen MR) is 150 cm³/mol. The van der Waals surface area contributed by atoms with Crippen LogP contribution in [0.2, 0.25) is 0 Å². The van der Waals surface area contributed by atoms with E-state index in [0.29, 0.717) is 17.5 Å². The summed E-state index contributed by atoms with van der Waals surface area (Å²) in [7, 11) is 0. The van der Waals surface area contributed by atoms with Gasteiger partial charge in [0.2, 0.25) is 0 Å². The third-order valence-electron chi connectivity index (χ3n) is 5.88. The number of benzene rings is 2. The van der Waals surface area contributed by atoms with Crippen molar-refractivity contribution in [1.29, 1.82) is 0 Å². The van der Waals surface area contributed by atoms with Crippen LogP contribution in [-0.4, -0.2) is 16.3 Å². The molecule has 0 radical (unpaired) electrons. The lowest BCUT2D eigenvalue weighted by Gasteiger charge is -2.28. The Balaban J connectivity index is 0.000000350. The molecule has 2 aromatic carbocycles. The molecule has 3 nitrogen and oxygen atoms in total. The SMILES string of the molecule is CC(C)(C)c1cc(O)cc(C(C)(C)C)c1.CC(C)Nc1cc(C(C)(C)C)cc(C(C)(C)C)c1O. The molecule has 0 saturated carbocycles. The topological polar surface area (TPSA) is 52.5 Å². The Morgan fingerprint density at radius 2 is 0.941 bits per heavy atom. The quantitative estimate of drug-likeness (QED) is 0.385. The maximum Gasteiger partial charge on any atom is 0.142 e. The van der Waals surface area contributed by atoms with Crippen LogP contribution < -0.4 is 5.32 Å². The summed E-state index contributed by atoms with van der Waals surface area (Å²) in [6, 6.07) is 10.4. The lowest BCUT2D eigenvalue weighted by atomic mass is 9.79. The molecule has 192 valence electrons. The van der Waals surface area contributed by atoms with E-state index in [9.17, 15) is 10.2 Å². The van der Waals surface area contributed by atoms with Crippen LogP contribution in [0.3, 0.4) is 0 Å². The molecular weight excluding hydrogens is 418 g/mol. The van der Waals surface area contributed by atoms with Gasteiger partial charge in [0.1, 0.15) is 11.5 Å². The van der Waals surface area contributed by atoms with Gasteiger partial charge in [-0.1, -0.05) is 95.2 Å². The molecule has 3 heteroatoms. The number of hydrogen-bond donors (Lipinski definition) is 3. The van der Waals surface area contributed by atoms with Crippen LogP contribution >= 0.6 is 0 Å². The summed E-state index contributed by atoms with van der Waals surface area (Å²) in [6.45, 7) is 30.1. The molecule has 0 atom stereocenters. The molecular formula is C31H51NO2. The van der Waals surface area contributed by atoms with E-state index in [1.807, 2.05) is 12.1 Å². The number of phenolic OH excluding ortho intramolecular Hbond substituents is 2. The second kappa shape index (κ2) is 10.2. The third kappa shape index (κ3) is 8.56. The molecule has 0 unspecified atom stereocenters. The molecule has 0 heterocycles. The summed E-state index contributed by atoms with van der Waals surface area (Å²) >= 11 is 0. The van der Waals surface area contributed by atoms with Gasteiger partial charge in [-0.25, -0.2) is 0 Å². The molecule has 3 N–H and O–H groups in total. The van der Waals surface area contributed by atoms with Gasteiger partial charge < -0.3 is 15.5 Å². The maximum atomic E-state index is 10.5. The van der Waals surface area contributed by atoms with Gasteiger partial charge in [0.05, 0.1) is 5.69 Å². The van der Waals surface area contributed by atoms with E-state index < -0.39 is 0 Å². The van der Waals surface area contributed by atoms with Crippen molar-refractivity contribution in [3.8, 4) is 11.5 Å². The predicted octanol–water partition coefficient (Wildman–Crippen LogP) is 8.79. The molecule has 0 fully saturated rings. The van der Waals surface area contributed by atoms with Crippen molar-refractivity contribution in [3.63, 3.8) is 0 Å². The highest BCUT2D eigenvalue weighted by atomic mass is 16.3. The molecule has 0 amide bonds. The van der Waals surface area contributed by atoms with Crippen LogP contribution in [-0.2, 0) is 21.7 Å². The van der Waals surface area contributed by atoms with E-state index in [4.69, 9.17) is 0 Å². The van der Waals surface area contributed by atoms with Crippen molar-refractivity contribution < 1.29 is 10.2 Å². The third-order valence-corrected chi connectivity index (χ3v) is 5.88. The number of phenols is 2. The highest BCUT2D eigenvalue weighted by Crippen LogP contribution is 2.40. The Bertz CT molecular complexity index is 927. The first kappa shape index (κ1) is 29.9. The number of nitrogens with one attached hydrogen (secondary N) is 1. The first-order valence-corrected chi connectivity index (χ1v) is 12.5. The van der Waals surface area contributed by atoms with Gasteiger partial charge in [-0.2, -0.15) is 0 Å². The maximum absolute atomic E-state index is 10.5. The Kier molecular flexibility index (Phi) is 8.98. The molecule has 0 aliphatic rings. The lowest BCUT2D eigenvalue weighted by molar-refractivity contribution is 0.446. The minimum absolute atomic E-state index is 0.0705. The molecule has 0 bridgehead atoms. The van der Waals surface area contributed by atoms with Crippen molar-refractivity contribution in [1.82, 2.24) is 0 Å². The summed E-state index contributed by atoms with van der Waals surface area (Å²) in [5, 5.41) is 23.6. The summed E-state index contributed by atoms with van der Waals surface area (Å²) in [4.78, 5) is 0. The van der Waals surface area contributed by atoms with Crippen LogP contribution in [0, 0.1) is 0 Å². The van der Waals surface area contributed by atoms with Gasteiger partial charge in [-0.05, 0) is 70.4 Å². The average Bonchev–Trinajstić information content (AvgIpc) is 2.59. The van der Waals surface area contributed by atoms with E-state index in [0.717, 1.165) is 11.3 Å². The van der Waals surface area contributed by atoms with Crippen LogP contribution in [0.4, 0.5) is 5.69 Å². The molecule has 2 rings (SSSR count). The number of hydrogen-bond acceptors (Lipinski definition) is 3. The van der Waals surface area contributed by atoms with Crippen molar-refractivity contribution in [2.45, 2.75) is 125 Å². The lowest BCUT2D eigenvalue weighted by Crippen LogP contribution is -2.19. The van der Waals surface area contributed by atoms with Crippen molar-refractivity contribution in [3.05, 3.63) is 52.6 Å². The van der Waals surface area contributed by atoms with Crippen LogP contribution in [0.5, 0.6) is 11.5 Å². The van der Waals surface area contributed by atoms with E-state index in [-0.39, 0.29) is 21.7 Å². The Morgan fingerprint density at radius 1 is 0.559 bits per heavy atom. The van der Waals surface area contributed by atoms with Crippen LogP contribution in [0.15, 0.2) is 30.3 Å². The van der Waals surface area contributed by atoms with Gasteiger partial charge in [-0.3, -0.25) is 0 Å². The molecule has 0 aliphatic carbocycles. The summed E-state index contributed by atoms with van der Waals surface area (Å²) in [5.74, 6) is 0.751. The van der Waals surface area contributed by atoms with E-state index in [2.05, 4.69) is 120 Å². The van der Waals surface area contributed by atoms with E-state index in [1.165, 1.54) is 16.7 Å². The minimum atomic E-state index is -0.0707. The van der Waals surface area contributed by atoms with Crippen molar-refractivity contribution in [2.75, 3.05) is 5.32 Å². The molecule has 0 aromatic heterocycles. The second-order valence-corrected chi connectivity index (χ2v) is 14.0. The number of aromatic hydroxyl groups is 2. The summed E-state index contributed by atoms with van der Waals surface area (Å²) < 4.78 is 0. The Hall–Kier alpha value is -2.16. The standard InChI is InChI=1S/C17H29NO.C14H22O/c1-11(2)18-14-10-12(16(3,4)5)9-13(15(14)19)17(6,7)8;1-13(2,3)10-7-11(14(4,5)6)9-12(15)8-10/h9-11,18-19H,1-8H3;7-9,15H,1-6H3. The fourth-order valence-corrected chi connectivity index (χ4v) is 3.54. The van der Waals surface area contributed by atoms with Gasteiger partial charge in [0.25, 0.3) is 0 Å². The molecule has 34 heavy (non-hydrogen) atoms. The zero-order chi connectivity index (χ0) is 26.9. The van der Waals surface area contributed by atoms with E-state index in [1.54, 1.807) is 0 Å². The highest BCUT2D eigenvalue weighted by Gasteiger charge is 2.25. The molecule has 0 saturated heterocycles. The largest absolute Gasteiger partial charge is 0.508 e.